The Balaban J connectivity index is 2.20. The first-order chi connectivity index (χ1) is 9.00. The maximum Gasteiger partial charge on any atom is 0.0403 e. The molecule has 0 N–H and O–H groups in total. The lowest BCUT2D eigenvalue weighted by atomic mass is 9.83. The highest BCUT2D eigenvalue weighted by atomic mass is 79.9. The minimum absolute atomic E-state index is 0.536. The van der Waals surface area contributed by atoms with Gasteiger partial charge in [0.1, 0.15) is 0 Å². The van der Waals surface area contributed by atoms with Crippen LogP contribution in [-0.4, -0.2) is 0 Å². The third-order valence-electron chi connectivity index (χ3n) is 5.00. The summed E-state index contributed by atoms with van der Waals surface area (Å²) in [7, 11) is 0. The van der Waals surface area contributed by atoms with E-state index in [1.165, 1.54) is 60.8 Å². The van der Waals surface area contributed by atoms with E-state index in [4.69, 9.17) is 0 Å². The van der Waals surface area contributed by atoms with Crippen molar-refractivity contribution in [3.05, 3.63) is 33.9 Å². The van der Waals surface area contributed by atoms with Crippen LogP contribution in [0.1, 0.15) is 71.2 Å². The molecule has 0 nitrogen and oxygen atoms in total. The van der Waals surface area contributed by atoms with E-state index in [2.05, 4.69) is 49.7 Å². The van der Waals surface area contributed by atoms with Crippen molar-refractivity contribution in [2.45, 2.75) is 71.0 Å². The summed E-state index contributed by atoms with van der Waals surface area (Å²) in [6, 6.07) is 2.33. The number of aryl methyl sites for hydroxylation is 2. The first-order valence-electron chi connectivity index (χ1n) is 7.72. The monoisotopic (exact) mass is 322 g/mol. The molecule has 1 aromatic rings. The SMILES string of the molecule is Cc1cc(C)c(C)c(C(Br)CC2CCCCC2)c1C. The summed E-state index contributed by atoms with van der Waals surface area (Å²) >= 11 is 3.99. The zero-order valence-corrected chi connectivity index (χ0v) is 14.4. The molecule has 0 radical (unpaired) electrons. The first kappa shape index (κ1) is 15.1. The zero-order valence-electron chi connectivity index (χ0n) is 12.9. The van der Waals surface area contributed by atoms with Gasteiger partial charge in [-0.15, -0.1) is 0 Å². The van der Waals surface area contributed by atoms with Crippen LogP contribution in [0.25, 0.3) is 0 Å². The van der Waals surface area contributed by atoms with Crippen molar-refractivity contribution < 1.29 is 0 Å². The molecule has 0 bridgehead atoms. The Kier molecular flexibility index (Phi) is 5.11. The zero-order chi connectivity index (χ0) is 14.0. The predicted octanol–water partition coefficient (Wildman–Crippen LogP) is 6.33. The van der Waals surface area contributed by atoms with Crippen molar-refractivity contribution in [2.75, 3.05) is 0 Å². The van der Waals surface area contributed by atoms with Gasteiger partial charge in [0.25, 0.3) is 0 Å². The molecule has 1 fully saturated rings. The minimum atomic E-state index is 0.536. The summed E-state index contributed by atoms with van der Waals surface area (Å²) in [6.45, 7) is 9.05. The van der Waals surface area contributed by atoms with Crippen LogP contribution in [-0.2, 0) is 0 Å². The average molecular weight is 323 g/mol. The summed E-state index contributed by atoms with van der Waals surface area (Å²) in [4.78, 5) is 0.536. The molecule has 0 spiro atoms. The van der Waals surface area contributed by atoms with Crippen molar-refractivity contribution in [1.82, 2.24) is 0 Å². The second-order valence-electron chi connectivity index (χ2n) is 6.38. The van der Waals surface area contributed by atoms with Gasteiger partial charge in [0.2, 0.25) is 0 Å². The van der Waals surface area contributed by atoms with Gasteiger partial charge in [-0.25, -0.2) is 0 Å². The van der Waals surface area contributed by atoms with Crippen molar-refractivity contribution in [2.24, 2.45) is 5.92 Å². The Labute approximate surface area is 127 Å². The number of hydrogen-bond donors (Lipinski definition) is 0. The van der Waals surface area contributed by atoms with Crippen LogP contribution in [0, 0.1) is 33.6 Å². The molecule has 0 aliphatic heterocycles. The minimum Gasteiger partial charge on any atom is -0.0838 e. The molecule has 1 saturated carbocycles. The highest BCUT2D eigenvalue weighted by Gasteiger charge is 2.21. The highest BCUT2D eigenvalue weighted by Crippen LogP contribution is 2.40. The van der Waals surface area contributed by atoms with Crippen molar-refractivity contribution >= 4 is 15.9 Å². The largest absolute Gasteiger partial charge is 0.0838 e. The molecular weight excluding hydrogens is 296 g/mol. The number of benzene rings is 1. The fourth-order valence-electron chi connectivity index (χ4n) is 3.55. The maximum absolute atomic E-state index is 3.99. The third kappa shape index (κ3) is 3.42. The lowest BCUT2D eigenvalue weighted by Gasteiger charge is -2.26. The number of rotatable bonds is 3. The summed E-state index contributed by atoms with van der Waals surface area (Å²) < 4.78 is 0. The van der Waals surface area contributed by atoms with Crippen molar-refractivity contribution in [3.63, 3.8) is 0 Å². The van der Waals surface area contributed by atoms with Crippen LogP contribution in [0.2, 0.25) is 0 Å². The van der Waals surface area contributed by atoms with Crippen LogP contribution in [0.3, 0.4) is 0 Å². The molecule has 1 unspecified atom stereocenters. The Morgan fingerprint density at radius 3 is 2.05 bits per heavy atom. The Morgan fingerprint density at radius 2 is 1.53 bits per heavy atom. The van der Waals surface area contributed by atoms with Crippen LogP contribution in [0.15, 0.2) is 6.07 Å². The van der Waals surface area contributed by atoms with E-state index in [0.29, 0.717) is 4.83 Å². The van der Waals surface area contributed by atoms with Gasteiger partial charge in [0, 0.05) is 4.83 Å². The molecule has 106 valence electrons. The van der Waals surface area contributed by atoms with Gasteiger partial charge in [0.15, 0.2) is 0 Å². The molecule has 1 aliphatic carbocycles. The fourth-order valence-corrected chi connectivity index (χ4v) is 4.77. The van der Waals surface area contributed by atoms with Gasteiger partial charge in [-0.3, -0.25) is 0 Å². The quantitative estimate of drug-likeness (QED) is 0.570. The van der Waals surface area contributed by atoms with Gasteiger partial charge < -0.3 is 0 Å². The maximum atomic E-state index is 3.99. The molecule has 1 aliphatic rings. The summed E-state index contributed by atoms with van der Waals surface area (Å²) in [5.41, 5.74) is 7.40. The summed E-state index contributed by atoms with van der Waals surface area (Å²) in [5.74, 6) is 0.928. The Morgan fingerprint density at radius 1 is 1.00 bits per heavy atom. The van der Waals surface area contributed by atoms with Crippen LogP contribution in [0.4, 0.5) is 0 Å². The van der Waals surface area contributed by atoms with E-state index in [0.717, 1.165) is 5.92 Å². The van der Waals surface area contributed by atoms with E-state index in [1.54, 1.807) is 5.56 Å². The molecule has 19 heavy (non-hydrogen) atoms. The summed E-state index contributed by atoms with van der Waals surface area (Å²) in [6.07, 6.45) is 8.51. The van der Waals surface area contributed by atoms with E-state index < -0.39 is 0 Å². The second-order valence-corrected chi connectivity index (χ2v) is 7.49. The molecular formula is C18H27Br. The average Bonchev–Trinajstić information content (AvgIpc) is 2.38. The van der Waals surface area contributed by atoms with Crippen molar-refractivity contribution in [3.8, 4) is 0 Å². The molecule has 1 heteroatoms. The van der Waals surface area contributed by atoms with Crippen LogP contribution in [0.5, 0.6) is 0 Å². The van der Waals surface area contributed by atoms with E-state index >= 15 is 0 Å². The molecule has 0 aromatic heterocycles. The van der Waals surface area contributed by atoms with Gasteiger partial charge in [-0.1, -0.05) is 54.1 Å². The predicted molar refractivity (Wildman–Crippen MR) is 88.3 cm³/mol. The van der Waals surface area contributed by atoms with E-state index in [-0.39, 0.29) is 0 Å². The third-order valence-corrected chi connectivity index (χ3v) is 5.83. The topological polar surface area (TPSA) is 0 Å². The van der Waals surface area contributed by atoms with Crippen molar-refractivity contribution in [1.29, 1.82) is 0 Å². The van der Waals surface area contributed by atoms with Crippen LogP contribution >= 0.6 is 15.9 Å². The number of hydrogen-bond acceptors (Lipinski definition) is 0. The van der Waals surface area contributed by atoms with Gasteiger partial charge in [-0.05, 0) is 67.9 Å². The fraction of sp³-hybridized carbons (Fsp3) is 0.667. The second kappa shape index (κ2) is 6.43. The number of alkyl halides is 1. The molecule has 2 rings (SSSR count). The number of halogens is 1. The normalized spacial score (nSPS) is 18.6. The van der Waals surface area contributed by atoms with E-state index in [9.17, 15) is 0 Å². The molecule has 1 aromatic carbocycles. The lowest BCUT2D eigenvalue weighted by Crippen LogP contribution is -2.10. The summed E-state index contributed by atoms with van der Waals surface area (Å²) in [5, 5.41) is 0. The van der Waals surface area contributed by atoms with Gasteiger partial charge >= 0.3 is 0 Å². The van der Waals surface area contributed by atoms with Gasteiger partial charge in [-0.2, -0.15) is 0 Å². The first-order valence-corrected chi connectivity index (χ1v) is 8.63. The van der Waals surface area contributed by atoms with Gasteiger partial charge in [0.05, 0.1) is 0 Å². The Hall–Kier alpha value is -0.300. The molecule has 0 amide bonds. The smallest absolute Gasteiger partial charge is 0.0403 e. The molecule has 1 atom stereocenters. The van der Waals surface area contributed by atoms with Crippen LogP contribution < -0.4 is 0 Å². The Bertz CT molecular complexity index is 415. The molecule has 0 saturated heterocycles. The highest BCUT2D eigenvalue weighted by molar-refractivity contribution is 9.09. The molecule has 0 heterocycles. The van der Waals surface area contributed by atoms with E-state index in [1.807, 2.05) is 0 Å². The lowest BCUT2D eigenvalue weighted by molar-refractivity contribution is 0.338. The standard InChI is InChI=1S/C18H27Br/c1-12-10-13(2)15(4)18(14(12)3)17(19)11-16-8-6-5-7-9-16/h10,16-17H,5-9,11H2,1-4H3.